The van der Waals surface area contributed by atoms with Crippen molar-refractivity contribution in [1.82, 2.24) is 9.97 Å². The maximum absolute atomic E-state index is 9.19. The highest BCUT2D eigenvalue weighted by Gasteiger charge is 2.06. The minimum Gasteiger partial charge on any atom is -0.385 e. The zero-order valence-corrected chi connectivity index (χ0v) is 6.91. The third-order valence-electron chi connectivity index (χ3n) is 1.29. The van der Waals surface area contributed by atoms with Gasteiger partial charge < -0.3 is 5.11 Å². The zero-order chi connectivity index (χ0) is 8.27. The van der Waals surface area contributed by atoms with E-state index in [2.05, 4.69) is 9.97 Å². The van der Waals surface area contributed by atoms with Crippen LogP contribution in [0.2, 0.25) is 0 Å². The van der Waals surface area contributed by atoms with Crippen molar-refractivity contribution in [2.75, 3.05) is 5.88 Å². The Morgan fingerprint density at radius 3 is 2.73 bits per heavy atom. The highest BCUT2D eigenvalue weighted by Crippen LogP contribution is 2.09. The first-order valence-electron chi connectivity index (χ1n) is 3.26. The summed E-state index contributed by atoms with van der Waals surface area (Å²) in [5.74, 6) is 0.151. The summed E-state index contributed by atoms with van der Waals surface area (Å²) in [5, 5.41) is 9.19. The zero-order valence-electron chi connectivity index (χ0n) is 6.16. The number of alkyl halides is 1. The van der Waals surface area contributed by atoms with Crippen molar-refractivity contribution >= 4 is 11.6 Å². The van der Waals surface area contributed by atoms with Crippen molar-refractivity contribution in [2.45, 2.75) is 13.0 Å². The van der Waals surface area contributed by atoms with E-state index in [1.165, 1.54) is 6.20 Å². The molecule has 0 aliphatic carbocycles. The van der Waals surface area contributed by atoms with E-state index in [0.717, 1.165) is 5.69 Å². The van der Waals surface area contributed by atoms with E-state index in [9.17, 15) is 5.11 Å². The van der Waals surface area contributed by atoms with Crippen LogP contribution in [-0.4, -0.2) is 21.0 Å². The summed E-state index contributed by atoms with van der Waals surface area (Å²) in [7, 11) is 0. The van der Waals surface area contributed by atoms with E-state index in [1.54, 1.807) is 6.20 Å². The summed E-state index contributed by atoms with van der Waals surface area (Å²) in [5.41, 5.74) is 1.35. The molecule has 60 valence electrons. The standard InChI is InChI=1S/C7H9ClN2O/c1-5-3-10-6(4-9-5)7(11)2-8/h3-4,7,11H,2H2,1H3. The van der Waals surface area contributed by atoms with E-state index < -0.39 is 6.10 Å². The number of rotatable bonds is 2. The molecular formula is C7H9ClN2O. The second-order valence-corrected chi connectivity index (χ2v) is 2.56. The molecule has 0 aliphatic heterocycles. The Hall–Kier alpha value is -0.670. The van der Waals surface area contributed by atoms with E-state index in [4.69, 9.17) is 11.6 Å². The molecule has 4 heteroatoms. The maximum atomic E-state index is 9.19. The fourth-order valence-corrected chi connectivity index (χ4v) is 0.812. The molecule has 0 radical (unpaired) electrons. The van der Waals surface area contributed by atoms with Crippen LogP contribution in [0.1, 0.15) is 17.5 Å². The number of nitrogens with zero attached hydrogens (tertiary/aromatic N) is 2. The molecule has 1 aromatic rings. The SMILES string of the molecule is Cc1cnc(C(O)CCl)cn1. The molecule has 0 saturated carbocycles. The Morgan fingerprint density at radius 1 is 1.55 bits per heavy atom. The van der Waals surface area contributed by atoms with Crippen LogP contribution in [0.4, 0.5) is 0 Å². The van der Waals surface area contributed by atoms with E-state index in [1.807, 2.05) is 6.92 Å². The number of aromatic nitrogens is 2. The van der Waals surface area contributed by atoms with Crippen LogP contribution < -0.4 is 0 Å². The third kappa shape index (κ3) is 2.13. The lowest BCUT2D eigenvalue weighted by molar-refractivity contribution is 0.197. The van der Waals surface area contributed by atoms with Crippen molar-refractivity contribution < 1.29 is 5.11 Å². The fraction of sp³-hybridized carbons (Fsp3) is 0.429. The number of halogens is 1. The lowest BCUT2D eigenvalue weighted by atomic mass is 10.3. The minimum atomic E-state index is -0.704. The molecule has 1 N–H and O–H groups in total. The molecule has 1 atom stereocenters. The van der Waals surface area contributed by atoms with Gasteiger partial charge in [0, 0.05) is 6.20 Å². The first-order chi connectivity index (χ1) is 5.24. The topological polar surface area (TPSA) is 46.0 Å². The van der Waals surface area contributed by atoms with Gasteiger partial charge in [-0.1, -0.05) is 0 Å². The molecule has 3 nitrogen and oxygen atoms in total. The predicted octanol–water partition coefficient (Wildman–Crippen LogP) is 1.06. The summed E-state index contributed by atoms with van der Waals surface area (Å²) in [6.45, 7) is 1.84. The Labute approximate surface area is 70.1 Å². The smallest absolute Gasteiger partial charge is 0.111 e. The maximum Gasteiger partial charge on any atom is 0.111 e. The Kier molecular flexibility index (Phi) is 2.79. The highest BCUT2D eigenvalue weighted by molar-refractivity contribution is 6.18. The van der Waals surface area contributed by atoms with Gasteiger partial charge >= 0.3 is 0 Å². The quantitative estimate of drug-likeness (QED) is 0.679. The molecule has 0 bridgehead atoms. The average Bonchev–Trinajstić information content (AvgIpc) is 2.05. The summed E-state index contributed by atoms with van der Waals surface area (Å²) in [6, 6.07) is 0. The normalized spacial score (nSPS) is 13.0. The van der Waals surface area contributed by atoms with Crippen molar-refractivity contribution in [3.63, 3.8) is 0 Å². The molecule has 0 saturated heterocycles. The first-order valence-corrected chi connectivity index (χ1v) is 3.80. The minimum absolute atomic E-state index is 0.151. The summed E-state index contributed by atoms with van der Waals surface area (Å²) in [6.07, 6.45) is 2.43. The largest absolute Gasteiger partial charge is 0.385 e. The van der Waals surface area contributed by atoms with Gasteiger partial charge in [-0.25, -0.2) is 0 Å². The van der Waals surface area contributed by atoms with Gasteiger partial charge in [0.1, 0.15) is 6.10 Å². The molecule has 0 spiro atoms. The van der Waals surface area contributed by atoms with Gasteiger partial charge in [0.25, 0.3) is 0 Å². The summed E-state index contributed by atoms with van der Waals surface area (Å²) in [4.78, 5) is 7.92. The average molecular weight is 173 g/mol. The summed E-state index contributed by atoms with van der Waals surface area (Å²) >= 11 is 5.41. The summed E-state index contributed by atoms with van der Waals surface area (Å²) < 4.78 is 0. The van der Waals surface area contributed by atoms with Gasteiger partial charge in [-0.2, -0.15) is 0 Å². The number of hydrogen-bond acceptors (Lipinski definition) is 3. The van der Waals surface area contributed by atoms with Crippen LogP contribution in [0, 0.1) is 6.92 Å². The van der Waals surface area contributed by atoms with Gasteiger partial charge in [0.15, 0.2) is 0 Å². The molecule has 0 aliphatic rings. The van der Waals surface area contributed by atoms with Gasteiger partial charge in [0.05, 0.1) is 23.5 Å². The highest BCUT2D eigenvalue weighted by atomic mass is 35.5. The van der Waals surface area contributed by atoms with Crippen LogP contribution in [0.15, 0.2) is 12.4 Å². The molecular weight excluding hydrogens is 164 g/mol. The molecule has 0 aromatic carbocycles. The second-order valence-electron chi connectivity index (χ2n) is 2.25. The van der Waals surface area contributed by atoms with Crippen LogP contribution in [0.5, 0.6) is 0 Å². The van der Waals surface area contributed by atoms with Crippen molar-refractivity contribution in [1.29, 1.82) is 0 Å². The molecule has 11 heavy (non-hydrogen) atoms. The van der Waals surface area contributed by atoms with Crippen LogP contribution in [0.3, 0.4) is 0 Å². The van der Waals surface area contributed by atoms with Crippen molar-refractivity contribution in [2.24, 2.45) is 0 Å². The molecule has 1 rings (SSSR count). The molecule has 0 fully saturated rings. The predicted molar refractivity (Wildman–Crippen MR) is 42.4 cm³/mol. The number of hydrogen-bond donors (Lipinski definition) is 1. The molecule has 0 amide bonds. The Balaban J connectivity index is 2.81. The third-order valence-corrected chi connectivity index (χ3v) is 1.58. The Bertz CT molecular complexity index is 224. The van der Waals surface area contributed by atoms with Gasteiger partial charge in [0.2, 0.25) is 0 Å². The van der Waals surface area contributed by atoms with E-state index in [-0.39, 0.29) is 5.88 Å². The number of aliphatic hydroxyl groups is 1. The van der Waals surface area contributed by atoms with Crippen molar-refractivity contribution in [3.05, 3.63) is 23.8 Å². The van der Waals surface area contributed by atoms with Crippen molar-refractivity contribution in [3.8, 4) is 0 Å². The van der Waals surface area contributed by atoms with Crippen LogP contribution >= 0.6 is 11.6 Å². The second kappa shape index (κ2) is 3.64. The lowest BCUT2D eigenvalue weighted by Gasteiger charge is -2.03. The lowest BCUT2D eigenvalue weighted by Crippen LogP contribution is -2.02. The number of aryl methyl sites for hydroxylation is 1. The van der Waals surface area contributed by atoms with Crippen LogP contribution in [0.25, 0.3) is 0 Å². The molecule has 1 heterocycles. The van der Waals surface area contributed by atoms with E-state index in [0.29, 0.717) is 5.69 Å². The van der Waals surface area contributed by atoms with Gasteiger partial charge in [-0.15, -0.1) is 11.6 Å². The van der Waals surface area contributed by atoms with E-state index >= 15 is 0 Å². The first kappa shape index (κ1) is 8.43. The van der Waals surface area contributed by atoms with Gasteiger partial charge in [-0.3, -0.25) is 9.97 Å². The number of aliphatic hydroxyl groups excluding tert-OH is 1. The molecule has 1 unspecified atom stereocenters. The Morgan fingerprint density at radius 2 is 2.27 bits per heavy atom. The van der Waals surface area contributed by atoms with Gasteiger partial charge in [-0.05, 0) is 6.92 Å². The monoisotopic (exact) mass is 172 g/mol. The fourth-order valence-electron chi connectivity index (χ4n) is 0.654. The molecule has 1 aromatic heterocycles. The van der Waals surface area contributed by atoms with Crippen LogP contribution in [-0.2, 0) is 0 Å².